The van der Waals surface area contributed by atoms with Gasteiger partial charge in [0.1, 0.15) is 5.84 Å². The van der Waals surface area contributed by atoms with E-state index in [2.05, 4.69) is 31.1 Å². The molecular formula is C8H14N2. The van der Waals surface area contributed by atoms with E-state index in [1.54, 1.807) is 0 Å². The predicted molar refractivity (Wildman–Crippen MR) is 44.0 cm³/mol. The number of amidine groups is 1. The number of hydrogen-bond donors (Lipinski definition) is 1. The lowest BCUT2D eigenvalue weighted by Crippen LogP contribution is -2.33. The molecule has 2 nitrogen and oxygen atoms in total. The summed E-state index contributed by atoms with van der Waals surface area (Å²) in [5, 5.41) is 3.13. The van der Waals surface area contributed by atoms with E-state index in [0.29, 0.717) is 0 Å². The summed E-state index contributed by atoms with van der Waals surface area (Å²) in [5.41, 5.74) is 0.157. The second-order valence-electron chi connectivity index (χ2n) is 3.49. The van der Waals surface area contributed by atoms with Gasteiger partial charge in [-0.1, -0.05) is 20.8 Å². The lowest BCUT2D eigenvalue weighted by atomic mass is 9.94. The fourth-order valence-electron chi connectivity index (χ4n) is 0.834. The van der Waals surface area contributed by atoms with Gasteiger partial charge in [0.05, 0.1) is 6.54 Å². The summed E-state index contributed by atoms with van der Waals surface area (Å²) in [7, 11) is 0. The molecule has 0 atom stereocenters. The molecule has 1 rings (SSSR count). The maximum atomic E-state index is 4.32. The average molecular weight is 138 g/mol. The second kappa shape index (κ2) is 2.45. The third kappa shape index (κ3) is 1.59. The van der Waals surface area contributed by atoms with Gasteiger partial charge in [0.15, 0.2) is 0 Å². The summed E-state index contributed by atoms with van der Waals surface area (Å²) < 4.78 is 0. The smallest absolute Gasteiger partial charge is 0.106 e. The third-order valence-electron chi connectivity index (χ3n) is 1.40. The average Bonchev–Trinajstić information content (AvgIpc) is 1.88. The van der Waals surface area contributed by atoms with Gasteiger partial charge in [-0.25, -0.2) is 0 Å². The molecule has 0 spiro atoms. The SMILES string of the molecule is CC(C)(C)C1=NCC=CN1. The molecule has 0 aliphatic carbocycles. The van der Waals surface area contributed by atoms with E-state index in [1.807, 2.05) is 12.3 Å². The zero-order valence-electron chi connectivity index (χ0n) is 6.81. The van der Waals surface area contributed by atoms with Crippen molar-refractivity contribution in [3.8, 4) is 0 Å². The molecule has 56 valence electrons. The Morgan fingerprint density at radius 1 is 1.50 bits per heavy atom. The van der Waals surface area contributed by atoms with Crippen molar-refractivity contribution in [2.45, 2.75) is 20.8 Å². The van der Waals surface area contributed by atoms with Crippen LogP contribution < -0.4 is 5.32 Å². The van der Waals surface area contributed by atoms with Crippen LogP contribution in [0.5, 0.6) is 0 Å². The standard InChI is InChI=1S/C8H14N2/c1-8(2,3)7-9-5-4-6-10-7/h4-5H,6H2,1-3H3,(H,9,10). The first-order valence-electron chi connectivity index (χ1n) is 3.57. The van der Waals surface area contributed by atoms with Crippen LogP contribution in [-0.2, 0) is 0 Å². The Kier molecular flexibility index (Phi) is 1.79. The molecule has 1 heterocycles. The van der Waals surface area contributed by atoms with Crippen LogP contribution in [0.1, 0.15) is 20.8 Å². The van der Waals surface area contributed by atoms with E-state index < -0.39 is 0 Å². The molecule has 0 aromatic carbocycles. The Labute approximate surface area is 62.0 Å². The van der Waals surface area contributed by atoms with Crippen molar-refractivity contribution in [1.82, 2.24) is 5.32 Å². The van der Waals surface area contributed by atoms with Gasteiger partial charge in [0.25, 0.3) is 0 Å². The van der Waals surface area contributed by atoms with Crippen molar-refractivity contribution >= 4 is 5.84 Å². The molecule has 0 fully saturated rings. The number of rotatable bonds is 0. The highest BCUT2D eigenvalue weighted by Gasteiger charge is 2.18. The van der Waals surface area contributed by atoms with E-state index in [0.717, 1.165) is 12.4 Å². The summed E-state index contributed by atoms with van der Waals surface area (Å²) in [6, 6.07) is 0. The van der Waals surface area contributed by atoms with E-state index in [9.17, 15) is 0 Å². The van der Waals surface area contributed by atoms with Crippen molar-refractivity contribution in [2.24, 2.45) is 10.4 Å². The van der Waals surface area contributed by atoms with Gasteiger partial charge in [-0.2, -0.15) is 0 Å². The topological polar surface area (TPSA) is 24.4 Å². The molecule has 0 aromatic rings. The molecule has 0 bridgehead atoms. The summed E-state index contributed by atoms with van der Waals surface area (Å²) in [5.74, 6) is 1.08. The summed E-state index contributed by atoms with van der Waals surface area (Å²) in [4.78, 5) is 4.32. The van der Waals surface area contributed by atoms with Crippen LogP contribution in [0.4, 0.5) is 0 Å². The quantitative estimate of drug-likeness (QED) is 0.539. The fourth-order valence-corrected chi connectivity index (χ4v) is 0.834. The Bertz CT molecular complexity index is 172. The third-order valence-corrected chi connectivity index (χ3v) is 1.40. The fraction of sp³-hybridized carbons (Fsp3) is 0.625. The molecule has 2 heteroatoms. The second-order valence-corrected chi connectivity index (χ2v) is 3.49. The first kappa shape index (κ1) is 7.32. The predicted octanol–water partition coefficient (Wildman–Crippen LogP) is 1.55. The van der Waals surface area contributed by atoms with Gasteiger partial charge >= 0.3 is 0 Å². The Balaban J connectivity index is 2.65. The van der Waals surface area contributed by atoms with Crippen LogP contribution in [-0.4, -0.2) is 12.4 Å². The van der Waals surface area contributed by atoms with Gasteiger partial charge in [-0.3, -0.25) is 4.99 Å². The van der Waals surface area contributed by atoms with Gasteiger partial charge in [0, 0.05) is 5.41 Å². The van der Waals surface area contributed by atoms with E-state index in [4.69, 9.17) is 0 Å². The summed E-state index contributed by atoms with van der Waals surface area (Å²) in [6.45, 7) is 7.27. The van der Waals surface area contributed by atoms with E-state index >= 15 is 0 Å². The zero-order chi connectivity index (χ0) is 7.61. The number of hydrogen-bond acceptors (Lipinski definition) is 2. The molecule has 0 amide bonds. The number of aliphatic imine (C=N–C) groups is 1. The first-order valence-corrected chi connectivity index (χ1v) is 3.57. The van der Waals surface area contributed by atoms with Gasteiger partial charge in [-0.05, 0) is 12.3 Å². The van der Waals surface area contributed by atoms with Crippen molar-refractivity contribution < 1.29 is 0 Å². The van der Waals surface area contributed by atoms with Crippen LogP contribution in [0.15, 0.2) is 17.3 Å². The van der Waals surface area contributed by atoms with Crippen LogP contribution in [0, 0.1) is 5.41 Å². The molecular weight excluding hydrogens is 124 g/mol. The van der Waals surface area contributed by atoms with Gasteiger partial charge < -0.3 is 5.32 Å². The number of nitrogens with one attached hydrogen (secondary N) is 1. The van der Waals surface area contributed by atoms with Crippen molar-refractivity contribution in [3.05, 3.63) is 12.3 Å². The van der Waals surface area contributed by atoms with Crippen molar-refractivity contribution in [3.63, 3.8) is 0 Å². The molecule has 1 aliphatic heterocycles. The van der Waals surface area contributed by atoms with E-state index in [-0.39, 0.29) is 5.41 Å². The molecule has 0 saturated carbocycles. The molecule has 1 aliphatic rings. The van der Waals surface area contributed by atoms with Crippen molar-refractivity contribution in [2.75, 3.05) is 6.54 Å². The highest BCUT2D eigenvalue weighted by Crippen LogP contribution is 2.15. The molecule has 0 aromatic heterocycles. The first-order chi connectivity index (χ1) is 4.61. The Morgan fingerprint density at radius 2 is 2.20 bits per heavy atom. The Hall–Kier alpha value is -0.790. The summed E-state index contributed by atoms with van der Waals surface area (Å²) in [6.07, 6.45) is 3.96. The molecule has 10 heavy (non-hydrogen) atoms. The minimum Gasteiger partial charge on any atom is -0.350 e. The molecule has 0 unspecified atom stereocenters. The van der Waals surface area contributed by atoms with Gasteiger partial charge in [-0.15, -0.1) is 0 Å². The van der Waals surface area contributed by atoms with Crippen molar-refractivity contribution in [1.29, 1.82) is 0 Å². The lowest BCUT2D eigenvalue weighted by molar-refractivity contribution is 0.571. The Morgan fingerprint density at radius 3 is 2.50 bits per heavy atom. The van der Waals surface area contributed by atoms with Gasteiger partial charge in [0.2, 0.25) is 0 Å². The minimum atomic E-state index is 0.157. The van der Waals surface area contributed by atoms with E-state index in [1.165, 1.54) is 0 Å². The molecule has 0 saturated heterocycles. The largest absolute Gasteiger partial charge is 0.350 e. The maximum Gasteiger partial charge on any atom is 0.106 e. The molecule has 0 radical (unpaired) electrons. The zero-order valence-corrected chi connectivity index (χ0v) is 6.81. The summed E-state index contributed by atoms with van der Waals surface area (Å²) >= 11 is 0. The monoisotopic (exact) mass is 138 g/mol. The van der Waals surface area contributed by atoms with Crippen LogP contribution >= 0.6 is 0 Å². The molecule has 1 N–H and O–H groups in total. The maximum absolute atomic E-state index is 4.32. The van der Waals surface area contributed by atoms with Crippen LogP contribution in [0.3, 0.4) is 0 Å². The lowest BCUT2D eigenvalue weighted by Gasteiger charge is -2.22. The van der Waals surface area contributed by atoms with Crippen LogP contribution in [0.2, 0.25) is 0 Å². The number of nitrogens with zero attached hydrogens (tertiary/aromatic N) is 1. The van der Waals surface area contributed by atoms with Crippen LogP contribution in [0.25, 0.3) is 0 Å². The highest BCUT2D eigenvalue weighted by atomic mass is 15.0. The minimum absolute atomic E-state index is 0.157. The highest BCUT2D eigenvalue weighted by molar-refractivity contribution is 5.88. The normalized spacial score (nSPS) is 18.1.